The summed E-state index contributed by atoms with van der Waals surface area (Å²) >= 11 is 6.17. The number of amides is 2. The van der Waals surface area contributed by atoms with Crippen LogP contribution < -0.4 is 5.32 Å². The molecule has 5 nitrogen and oxygen atoms in total. The Kier molecular flexibility index (Phi) is 6.71. The maximum absolute atomic E-state index is 14.6. The summed E-state index contributed by atoms with van der Waals surface area (Å²) in [7, 11) is 0. The minimum absolute atomic E-state index is 0.110. The van der Waals surface area contributed by atoms with Crippen LogP contribution in [0, 0.1) is 0 Å². The fourth-order valence-electron chi connectivity index (χ4n) is 6.18. The molecule has 0 radical (unpaired) electrons. The smallest absolute Gasteiger partial charge is 0.272 e. The Bertz CT molecular complexity index is 1460. The highest BCUT2D eigenvalue weighted by Gasteiger charge is 2.52. The van der Waals surface area contributed by atoms with Gasteiger partial charge in [0.25, 0.3) is 11.8 Å². The van der Waals surface area contributed by atoms with Crippen molar-refractivity contribution >= 4 is 34.3 Å². The van der Waals surface area contributed by atoms with Crippen LogP contribution >= 0.6 is 11.6 Å². The molecule has 2 amide bonds. The van der Waals surface area contributed by atoms with Gasteiger partial charge in [-0.1, -0.05) is 97.9 Å². The van der Waals surface area contributed by atoms with Crippen molar-refractivity contribution in [2.24, 2.45) is 0 Å². The van der Waals surface area contributed by atoms with Crippen molar-refractivity contribution in [3.05, 3.63) is 107 Å². The van der Waals surface area contributed by atoms with Crippen LogP contribution in [0.15, 0.2) is 84.9 Å². The predicted molar refractivity (Wildman–Crippen MR) is 151 cm³/mol. The highest BCUT2D eigenvalue weighted by Crippen LogP contribution is 2.40. The Morgan fingerprint density at radius 3 is 2.32 bits per heavy atom. The molecule has 1 aliphatic carbocycles. The minimum atomic E-state index is -1.21. The van der Waals surface area contributed by atoms with E-state index in [9.17, 15) is 9.59 Å². The van der Waals surface area contributed by atoms with Gasteiger partial charge in [-0.25, -0.2) is 0 Å². The summed E-state index contributed by atoms with van der Waals surface area (Å²) in [6.07, 6.45) is 6.58. The number of para-hydroxylation sites is 1. The van der Waals surface area contributed by atoms with Gasteiger partial charge in [0, 0.05) is 28.5 Å². The predicted octanol–water partition coefficient (Wildman–Crippen LogP) is 6.69. The molecule has 0 spiro atoms. The molecule has 194 valence electrons. The van der Waals surface area contributed by atoms with Crippen molar-refractivity contribution in [3.8, 4) is 0 Å². The first kappa shape index (κ1) is 24.7. The molecule has 2 aliphatic rings. The van der Waals surface area contributed by atoms with E-state index in [2.05, 4.69) is 5.32 Å². The summed E-state index contributed by atoms with van der Waals surface area (Å²) < 4.78 is 2.04. The molecule has 1 saturated carbocycles. The molecule has 0 bridgehead atoms. The molecule has 1 unspecified atom stereocenters. The maximum atomic E-state index is 14.6. The van der Waals surface area contributed by atoms with Gasteiger partial charge in [-0.2, -0.15) is 0 Å². The van der Waals surface area contributed by atoms with Crippen LogP contribution in [0.5, 0.6) is 0 Å². The topological polar surface area (TPSA) is 54.3 Å². The number of aromatic nitrogens is 1. The van der Waals surface area contributed by atoms with E-state index in [0.29, 0.717) is 23.8 Å². The molecule has 3 aromatic carbocycles. The lowest BCUT2D eigenvalue weighted by atomic mass is 9.83. The molecule has 6 rings (SSSR count). The fourth-order valence-corrected chi connectivity index (χ4v) is 6.30. The van der Waals surface area contributed by atoms with Crippen LogP contribution in [0.1, 0.15) is 60.1 Å². The third-order valence-electron chi connectivity index (χ3n) is 8.19. The SMILES string of the molecule is O=C1c2cc3ccccc3n2CC(C(=O)NC2CCCCCC2)(c2ccccc2)N1Cc1ccc(Cl)cc1. The first-order valence-electron chi connectivity index (χ1n) is 13.6. The second kappa shape index (κ2) is 10.3. The molecule has 0 saturated heterocycles. The number of hydrogen-bond donors (Lipinski definition) is 1. The van der Waals surface area contributed by atoms with Crippen molar-refractivity contribution in [3.63, 3.8) is 0 Å². The molecule has 1 N–H and O–H groups in total. The lowest BCUT2D eigenvalue weighted by Crippen LogP contribution is -2.63. The van der Waals surface area contributed by atoms with Gasteiger partial charge in [0.15, 0.2) is 5.54 Å². The second-order valence-electron chi connectivity index (χ2n) is 10.6. The number of nitrogens with one attached hydrogen (secondary N) is 1. The number of carbonyl (C=O) groups excluding carboxylic acids is 2. The normalized spacial score (nSPS) is 20.2. The zero-order valence-corrected chi connectivity index (χ0v) is 22.2. The van der Waals surface area contributed by atoms with E-state index in [4.69, 9.17) is 11.6 Å². The first-order chi connectivity index (χ1) is 18.6. The van der Waals surface area contributed by atoms with Gasteiger partial charge in [0.1, 0.15) is 5.69 Å². The Morgan fingerprint density at radius 1 is 0.895 bits per heavy atom. The van der Waals surface area contributed by atoms with E-state index in [-0.39, 0.29) is 17.9 Å². The Hall–Kier alpha value is -3.57. The Morgan fingerprint density at radius 2 is 1.58 bits per heavy atom. The van der Waals surface area contributed by atoms with Gasteiger partial charge < -0.3 is 14.8 Å². The zero-order chi connectivity index (χ0) is 26.1. The third kappa shape index (κ3) is 4.39. The monoisotopic (exact) mass is 525 g/mol. The van der Waals surface area contributed by atoms with E-state index in [1.54, 1.807) is 4.90 Å². The number of halogens is 1. The second-order valence-corrected chi connectivity index (χ2v) is 11.0. The molecule has 4 aromatic rings. The largest absolute Gasteiger partial charge is 0.351 e. The average molecular weight is 526 g/mol. The van der Waals surface area contributed by atoms with Crippen molar-refractivity contribution in [2.45, 2.75) is 63.2 Å². The van der Waals surface area contributed by atoms with E-state index < -0.39 is 5.54 Å². The number of rotatable bonds is 5. The number of hydrogen-bond acceptors (Lipinski definition) is 2. The summed E-state index contributed by atoms with van der Waals surface area (Å²) in [6, 6.07) is 27.4. The quantitative estimate of drug-likeness (QED) is 0.295. The lowest BCUT2D eigenvalue weighted by Gasteiger charge is -2.47. The summed E-state index contributed by atoms with van der Waals surface area (Å²) in [4.78, 5) is 30.8. The summed E-state index contributed by atoms with van der Waals surface area (Å²) in [5.74, 6) is -0.261. The number of nitrogens with zero attached hydrogens (tertiary/aromatic N) is 2. The van der Waals surface area contributed by atoms with Gasteiger partial charge in [-0.05, 0) is 48.2 Å². The standard InChI is InChI=1S/C32H32ClN3O2/c33-26-18-16-23(17-19-26)21-36-30(37)29-20-24-10-8-9-15-28(24)35(29)22-32(36,25-11-4-3-5-12-25)31(38)34-27-13-6-1-2-7-14-27/h3-5,8-12,15-20,27H,1-2,6-7,13-14,21-22H2,(H,34,38). The molecular weight excluding hydrogens is 494 g/mol. The van der Waals surface area contributed by atoms with E-state index >= 15 is 0 Å². The van der Waals surface area contributed by atoms with Crippen LogP contribution in [0.25, 0.3) is 10.9 Å². The van der Waals surface area contributed by atoms with Crippen LogP contribution in [0.2, 0.25) is 5.02 Å². The highest BCUT2D eigenvalue weighted by molar-refractivity contribution is 6.30. The number of fused-ring (bicyclic) bond motifs is 3. The van der Waals surface area contributed by atoms with E-state index in [1.807, 2.05) is 89.5 Å². The Labute approximate surface area is 228 Å². The molecule has 1 aliphatic heterocycles. The number of benzene rings is 3. The van der Waals surface area contributed by atoms with Crippen LogP contribution in [-0.2, 0) is 23.4 Å². The molecule has 1 aromatic heterocycles. The molecule has 38 heavy (non-hydrogen) atoms. The highest BCUT2D eigenvalue weighted by atomic mass is 35.5. The lowest BCUT2D eigenvalue weighted by molar-refractivity contribution is -0.136. The van der Waals surface area contributed by atoms with Gasteiger partial charge in [0.05, 0.1) is 6.54 Å². The fraction of sp³-hybridized carbons (Fsp3) is 0.312. The van der Waals surface area contributed by atoms with Gasteiger partial charge >= 0.3 is 0 Å². The average Bonchev–Trinajstić information content (AvgIpc) is 3.11. The number of carbonyl (C=O) groups is 2. The van der Waals surface area contributed by atoms with Crippen molar-refractivity contribution in [1.29, 1.82) is 0 Å². The molecule has 1 atom stereocenters. The van der Waals surface area contributed by atoms with Gasteiger partial charge in [0.2, 0.25) is 0 Å². The molecule has 2 heterocycles. The van der Waals surface area contributed by atoms with Crippen molar-refractivity contribution in [1.82, 2.24) is 14.8 Å². The van der Waals surface area contributed by atoms with E-state index in [1.165, 1.54) is 12.8 Å². The first-order valence-corrected chi connectivity index (χ1v) is 14.0. The summed E-state index contributed by atoms with van der Waals surface area (Å²) in [5, 5.41) is 5.05. The van der Waals surface area contributed by atoms with Crippen LogP contribution in [0.3, 0.4) is 0 Å². The van der Waals surface area contributed by atoms with E-state index in [0.717, 1.165) is 47.7 Å². The molecule has 6 heteroatoms. The van der Waals surface area contributed by atoms with Crippen molar-refractivity contribution < 1.29 is 9.59 Å². The summed E-state index contributed by atoms with van der Waals surface area (Å²) in [5.41, 5.74) is 2.10. The van der Waals surface area contributed by atoms with Gasteiger partial charge in [-0.15, -0.1) is 0 Å². The van der Waals surface area contributed by atoms with Gasteiger partial charge in [-0.3, -0.25) is 9.59 Å². The summed E-state index contributed by atoms with van der Waals surface area (Å²) in [6.45, 7) is 0.641. The van der Waals surface area contributed by atoms with Crippen LogP contribution in [0.4, 0.5) is 0 Å². The molecule has 1 fully saturated rings. The maximum Gasteiger partial charge on any atom is 0.272 e. The minimum Gasteiger partial charge on any atom is -0.351 e. The zero-order valence-electron chi connectivity index (χ0n) is 21.4. The van der Waals surface area contributed by atoms with Crippen molar-refractivity contribution in [2.75, 3.05) is 0 Å². The molecular formula is C32H32ClN3O2. The Balaban J connectivity index is 1.52. The third-order valence-corrected chi connectivity index (χ3v) is 8.45. The van der Waals surface area contributed by atoms with Crippen LogP contribution in [-0.4, -0.2) is 27.3 Å².